The highest BCUT2D eigenvalue weighted by Gasteiger charge is 2.27. The zero-order valence-electron chi connectivity index (χ0n) is 15.4. The van der Waals surface area contributed by atoms with Gasteiger partial charge in [0.15, 0.2) is 0 Å². The number of anilines is 1. The predicted molar refractivity (Wildman–Crippen MR) is 101 cm³/mol. The maximum Gasteiger partial charge on any atom is 0.227 e. The van der Waals surface area contributed by atoms with Crippen LogP contribution >= 0.6 is 0 Å². The maximum atomic E-state index is 13.7. The molecule has 2 aromatic rings. The summed E-state index contributed by atoms with van der Waals surface area (Å²) >= 11 is 0. The van der Waals surface area contributed by atoms with Gasteiger partial charge in [-0.3, -0.25) is 9.59 Å². The summed E-state index contributed by atoms with van der Waals surface area (Å²) in [7, 11) is 0. The van der Waals surface area contributed by atoms with Crippen molar-refractivity contribution in [2.45, 2.75) is 19.3 Å². The maximum absolute atomic E-state index is 13.7. The fourth-order valence-electron chi connectivity index (χ4n) is 3.15. The summed E-state index contributed by atoms with van der Waals surface area (Å²) in [6.07, 6.45) is 1.27. The minimum Gasteiger partial charge on any atom is -0.493 e. The van der Waals surface area contributed by atoms with Gasteiger partial charge in [0.1, 0.15) is 17.4 Å². The van der Waals surface area contributed by atoms with Gasteiger partial charge in [-0.1, -0.05) is 18.2 Å². The Morgan fingerprint density at radius 2 is 1.79 bits per heavy atom. The van der Waals surface area contributed by atoms with E-state index in [0.29, 0.717) is 32.5 Å². The molecule has 0 atom stereocenters. The Morgan fingerprint density at radius 3 is 2.46 bits per heavy atom. The summed E-state index contributed by atoms with van der Waals surface area (Å²) in [5.41, 5.74) is -0.0389. The first-order chi connectivity index (χ1) is 13.5. The zero-order chi connectivity index (χ0) is 19.9. The van der Waals surface area contributed by atoms with Crippen LogP contribution in [0.4, 0.5) is 14.5 Å². The van der Waals surface area contributed by atoms with Gasteiger partial charge in [0.25, 0.3) is 0 Å². The van der Waals surface area contributed by atoms with Crippen LogP contribution < -0.4 is 10.1 Å². The number of carbonyl (C=O) groups is 2. The summed E-state index contributed by atoms with van der Waals surface area (Å²) < 4.78 is 32.2. The number of nitrogens with one attached hydrogen (secondary N) is 1. The summed E-state index contributed by atoms with van der Waals surface area (Å²) in [5.74, 6) is -1.42. The Bertz CT molecular complexity index is 822. The molecule has 28 heavy (non-hydrogen) atoms. The Kier molecular flexibility index (Phi) is 6.57. The number of nitrogens with zero attached hydrogens (tertiary/aromatic N) is 1. The van der Waals surface area contributed by atoms with Gasteiger partial charge in [0.2, 0.25) is 11.8 Å². The van der Waals surface area contributed by atoms with Gasteiger partial charge in [-0.15, -0.1) is 0 Å². The minimum absolute atomic E-state index is 0.0145. The molecule has 0 aliphatic carbocycles. The van der Waals surface area contributed by atoms with Crippen molar-refractivity contribution in [3.8, 4) is 5.75 Å². The third-order valence-corrected chi connectivity index (χ3v) is 4.74. The van der Waals surface area contributed by atoms with Crippen molar-refractivity contribution in [1.29, 1.82) is 0 Å². The lowest BCUT2D eigenvalue weighted by Crippen LogP contribution is -2.41. The molecule has 0 spiro atoms. The predicted octanol–water partition coefficient (Wildman–Crippen LogP) is 3.61. The number of hydrogen-bond donors (Lipinski definition) is 1. The van der Waals surface area contributed by atoms with Crippen LogP contribution in [0.5, 0.6) is 5.75 Å². The number of carbonyl (C=O) groups excluding carboxylic acids is 2. The number of piperidine rings is 1. The number of halogens is 2. The fourth-order valence-corrected chi connectivity index (χ4v) is 3.15. The molecule has 7 heteroatoms. The van der Waals surface area contributed by atoms with Crippen molar-refractivity contribution in [1.82, 2.24) is 4.90 Å². The number of amides is 2. The van der Waals surface area contributed by atoms with Crippen LogP contribution in [-0.2, 0) is 9.59 Å². The van der Waals surface area contributed by atoms with Crippen LogP contribution in [0.3, 0.4) is 0 Å². The van der Waals surface area contributed by atoms with Crippen LogP contribution in [0, 0.1) is 17.6 Å². The first kappa shape index (κ1) is 19.8. The minimum atomic E-state index is -0.806. The van der Waals surface area contributed by atoms with Crippen molar-refractivity contribution >= 4 is 17.5 Å². The molecule has 1 fully saturated rings. The molecular weight excluding hydrogens is 366 g/mol. The van der Waals surface area contributed by atoms with E-state index < -0.39 is 11.6 Å². The van der Waals surface area contributed by atoms with E-state index in [4.69, 9.17) is 4.74 Å². The van der Waals surface area contributed by atoms with Crippen LogP contribution in [0.1, 0.15) is 19.3 Å². The van der Waals surface area contributed by atoms with Crippen molar-refractivity contribution in [2.75, 3.05) is 25.0 Å². The van der Waals surface area contributed by atoms with Crippen LogP contribution in [0.15, 0.2) is 48.5 Å². The van der Waals surface area contributed by atoms with E-state index in [1.165, 1.54) is 6.07 Å². The zero-order valence-corrected chi connectivity index (χ0v) is 15.4. The number of benzene rings is 2. The normalized spacial score (nSPS) is 14.6. The molecule has 1 aliphatic heterocycles. The molecule has 3 rings (SSSR count). The summed E-state index contributed by atoms with van der Waals surface area (Å²) in [5, 5.41) is 2.50. The Morgan fingerprint density at radius 1 is 1.07 bits per heavy atom. The molecule has 1 aliphatic rings. The van der Waals surface area contributed by atoms with Gasteiger partial charge in [-0.05, 0) is 37.1 Å². The van der Waals surface area contributed by atoms with E-state index in [-0.39, 0.29) is 29.8 Å². The van der Waals surface area contributed by atoms with E-state index in [1.54, 1.807) is 4.90 Å². The topological polar surface area (TPSA) is 58.6 Å². The Hall–Kier alpha value is -2.96. The lowest BCUT2D eigenvalue weighted by Gasteiger charge is -2.31. The van der Waals surface area contributed by atoms with Crippen molar-refractivity contribution in [3.05, 3.63) is 60.2 Å². The lowest BCUT2D eigenvalue weighted by atomic mass is 9.95. The van der Waals surface area contributed by atoms with E-state index in [9.17, 15) is 18.4 Å². The third kappa shape index (κ3) is 5.28. The van der Waals surface area contributed by atoms with Gasteiger partial charge >= 0.3 is 0 Å². The monoisotopic (exact) mass is 388 g/mol. The van der Waals surface area contributed by atoms with Crippen molar-refractivity contribution in [3.63, 3.8) is 0 Å². The molecule has 5 nitrogen and oxygen atoms in total. The second-order valence-electron chi connectivity index (χ2n) is 6.68. The second kappa shape index (κ2) is 9.30. The number of ether oxygens (including phenoxy) is 1. The highest BCUT2D eigenvalue weighted by atomic mass is 19.1. The summed E-state index contributed by atoms with van der Waals surface area (Å²) in [4.78, 5) is 26.3. The molecule has 0 bridgehead atoms. The van der Waals surface area contributed by atoms with Crippen molar-refractivity contribution < 1.29 is 23.1 Å². The number of likely N-dealkylation sites (tertiary alicyclic amines) is 1. The Balaban J connectivity index is 1.42. The van der Waals surface area contributed by atoms with Crippen LogP contribution in [0.25, 0.3) is 0 Å². The molecule has 1 heterocycles. The molecule has 1 N–H and O–H groups in total. The first-order valence-electron chi connectivity index (χ1n) is 9.24. The number of rotatable bonds is 6. The second-order valence-corrected chi connectivity index (χ2v) is 6.68. The quantitative estimate of drug-likeness (QED) is 0.823. The molecule has 2 amide bonds. The SMILES string of the molecule is O=C(Nc1ccc(F)cc1F)C1CCN(C(=O)CCOc2ccccc2)CC1. The molecule has 148 valence electrons. The molecule has 0 aromatic heterocycles. The fraction of sp³-hybridized carbons (Fsp3) is 0.333. The lowest BCUT2D eigenvalue weighted by molar-refractivity contribution is -0.135. The molecule has 1 saturated heterocycles. The van der Waals surface area contributed by atoms with E-state index in [2.05, 4.69) is 5.32 Å². The van der Waals surface area contributed by atoms with Gasteiger partial charge < -0.3 is 15.0 Å². The smallest absolute Gasteiger partial charge is 0.227 e. The average molecular weight is 388 g/mol. The van der Waals surface area contributed by atoms with Gasteiger partial charge in [-0.25, -0.2) is 8.78 Å². The standard InChI is InChI=1S/C21H22F2N2O3/c22-16-6-7-19(18(23)14-16)24-21(27)15-8-11-25(12-9-15)20(26)10-13-28-17-4-2-1-3-5-17/h1-7,14-15H,8-13H2,(H,24,27). The summed E-state index contributed by atoms with van der Waals surface area (Å²) in [6.45, 7) is 1.23. The van der Waals surface area contributed by atoms with Gasteiger partial charge in [0, 0.05) is 25.1 Å². The molecule has 0 unspecified atom stereocenters. The van der Waals surface area contributed by atoms with E-state index in [0.717, 1.165) is 17.9 Å². The molecule has 0 saturated carbocycles. The van der Waals surface area contributed by atoms with E-state index >= 15 is 0 Å². The largest absolute Gasteiger partial charge is 0.493 e. The molecular formula is C21H22F2N2O3. The Labute approximate surface area is 162 Å². The molecule has 0 radical (unpaired) electrons. The van der Waals surface area contributed by atoms with Crippen LogP contribution in [0.2, 0.25) is 0 Å². The van der Waals surface area contributed by atoms with Gasteiger partial charge in [-0.2, -0.15) is 0 Å². The van der Waals surface area contributed by atoms with Crippen molar-refractivity contribution in [2.24, 2.45) is 5.92 Å². The number of para-hydroxylation sites is 1. The highest BCUT2D eigenvalue weighted by Crippen LogP contribution is 2.22. The van der Waals surface area contributed by atoms with E-state index in [1.807, 2.05) is 30.3 Å². The molecule has 2 aromatic carbocycles. The average Bonchev–Trinajstić information content (AvgIpc) is 2.71. The third-order valence-electron chi connectivity index (χ3n) is 4.74. The summed E-state index contributed by atoms with van der Waals surface area (Å²) in [6, 6.07) is 12.3. The first-order valence-corrected chi connectivity index (χ1v) is 9.24. The highest BCUT2D eigenvalue weighted by molar-refractivity contribution is 5.92. The van der Waals surface area contributed by atoms with Crippen LogP contribution in [-0.4, -0.2) is 36.4 Å². The van der Waals surface area contributed by atoms with Gasteiger partial charge in [0.05, 0.1) is 18.7 Å². The number of hydrogen-bond acceptors (Lipinski definition) is 3.